The largest absolute Gasteiger partial charge is 0.398 e. The predicted octanol–water partition coefficient (Wildman–Crippen LogP) is 2.93. The van der Waals surface area contributed by atoms with E-state index in [1.54, 1.807) is 7.11 Å². The highest BCUT2D eigenvalue weighted by Crippen LogP contribution is 2.19. The minimum absolute atomic E-state index is 0.855. The molecule has 0 rings (SSSR count). The third-order valence-electron chi connectivity index (χ3n) is 2.11. The lowest BCUT2D eigenvalue weighted by Gasteiger charge is -2.27. The molecule has 3 heteroatoms. The fourth-order valence-electron chi connectivity index (χ4n) is 1.33. The quantitative estimate of drug-likeness (QED) is 0.575. The van der Waals surface area contributed by atoms with Crippen LogP contribution in [0, 0.1) is 0 Å². The van der Waals surface area contributed by atoms with E-state index in [0.29, 0.717) is 0 Å². The van der Waals surface area contributed by atoms with Gasteiger partial charge in [0.15, 0.2) is 0 Å². The van der Waals surface area contributed by atoms with Crippen molar-refractivity contribution in [1.29, 1.82) is 0 Å². The van der Waals surface area contributed by atoms with Crippen molar-refractivity contribution >= 4 is 8.56 Å². The lowest BCUT2D eigenvalue weighted by Crippen LogP contribution is -2.40. The number of hydrogen-bond donors (Lipinski definition) is 0. The molecular weight excluding hydrogens is 168 g/mol. The number of rotatable bonds is 7. The van der Waals surface area contributed by atoms with Gasteiger partial charge < -0.3 is 8.85 Å². The first-order valence-electron chi connectivity index (χ1n) is 4.93. The van der Waals surface area contributed by atoms with E-state index in [0.717, 1.165) is 31.5 Å². The van der Waals surface area contributed by atoms with Crippen LogP contribution < -0.4 is 0 Å². The highest BCUT2D eigenvalue weighted by atomic mass is 28.4. The smallest absolute Gasteiger partial charge is 0.337 e. The summed E-state index contributed by atoms with van der Waals surface area (Å²) in [6.45, 7) is 7.34. The molecule has 12 heavy (non-hydrogen) atoms. The zero-order valence-electron chi connectivity index (χ0n) is 8.85. The normalized spacial score (nSPS) is 16.0. The van der Waals surface area contributed by atoms with Crippen molar-refractivity contribution in [2.24, 2.45) is 0 Å². The lowest BCUT2D eigenvalue weighted by molar-refractivity contribution is 0.198. The van der Waals surface area contributed by atoms with Crippen molar-refractivity contribution in [3.05, 3.63) is 0 Å². The SMILES string of the molecule is CCCO[Si](CC)(CCC)OC. The van der Waals surface area contributed by atoms with Crippen LogP contribution in [0.1, 0.15) is 33.6 Å². The highest BCUT2D eigenvalue weighted by molar-refractivity contribution is 6.67. The molecule has 0 fully saturated rings. The Labute approximate surface area is 77.5 Å². The molecule has 0 aliphatic carbocycles. The maximum absolute atomic E-state index is 5.83. The molecule has 0 N–H and O–H groups in total. The first kappa shape index (κ1) is 12.1. The van der Waals surface area contributed by atoms with Crippen LogP contribution in [0.2, 0.25) is 12.1 Å². The van der Waals surface area contributed by atoms with Gasteiger partial charge in [0.25, 0.3) is 0 Å². The van der Waals surface area contributed by atoms with E-state index in [-0.39, 0.29) is 0 Å². The molecule has 0 heterocycles. The van der Waals surface area contributed by atoms with Gasteiger partial charge in [-0.05, 0) is 18.5 Å². The molecule has 1 atom stereocenters. The monoisotopic (exact) mass is 190 g/mol. The molecule has 0 aromatic heterocycles. The van der Waals surface area contributed by atoms with Gasteiger partial charge in [-0.3, -0.25) is 0 Å². The van der Waals surface area contributed by atoms with Crippen LogP contribution in [0.25, 0.3) is 0 Å². The molecule has 0 aromatic rings. The Morgan fingerprint density at radius 2 is 1.75 bits per heavy atom. The summed E-state index contributed by atoms with van der Waals surface area (Å²) in [5.41, 5.74) is 0. The Balaban J connectivity index is 3.95. The van der Waals surface area contributed by atoms with Crippen molar-refractivity contribution in [1.82, 2.24) is 0 Å². The van der Waals surface area contributed by atoms with Gasteiger partial charge in [-0.1, -0.05) is 27.2 Å². The van der Waals surface area contributed by atoms with Gasteiger partial charge in [0.05, 0.1) is 0 Å². The molecule has 0 aliphatic rings. The third kappa shape index (κ3) is 3.69. The van der Waals surface area contributed by atoms with E-state index < -0.39 is 8.56 Å². The van der Waals surface area contributed by atoms with Gasteiger partial charge in [-0.15, -0.1) is 0 Å². The summed E-state index contributed by atoms with van der Waals surface area (Å²) >= 11 is 0. The molecule has 0 saturated carbocycles. The van der Waals surface area contributed by atoms with Crippen LogP contribution in [0.15, 0.2) is 0 Å². The van der Waals surface area contributed by atoms with Crippen LogP contribution in [0.5, 0.6) is 0 Å². The molecule has 0 aliphatic heterocycles. The summed E-state index contributed by atoms with van der Waals surface area (Å²) < 4.78 is 11.4. The van der Waals surface area contributed by atoms with Crippen molar-refractivity contribution < 1.29 is 8.85 Å². The standard InChI is InChI=1S/C9H22O2Si/c1-5-8-11-12(7-3,10-4)9-6-2/h5-9H2,1-4H3. The van der Waals surface area contributed by atoms with Crippen molar-refractivity contribution in [2.75, 3.05) is 13.7 Å². The van der Waals surface area contributed by atoms with Gasteiger partial charge in [-0.25, -0.2) is 0 Å². The van der Waals surface area contributed by atoms with E-state index in [9.17, 15) is 0 Å². The van der Waals surface area contributed by atoms with E-state index in [4.69, 9.17) is 8.85 Å². The molecular formula is C9H22O2Si. The zero-order chi connectivity index (χ0) is 9.45. The summed E-state index contributed by atoms with van der Waals surface area (Å²) in [5.74, 6) is 0. The topological polar surface area (TPSA) is 18.5 Å². The lowest BCUT2D eigenvalue weighted by atomic mass is 10.5. The molecule has 1 unspecified atom stereocenters. The van der Waals surface area contributed by atoms with Crippen LogP contribution in [0.4, 0.5) is 0 Å². The Bertz CT molecular complexity index is 103. The molecule has 0 saturated heterocycles. The zero-order valence-corrected chi connectivity index (χ0v) is 9.85. The molecule has 2 nitrogen and oxygen atoms in total. The maximum atomic E-state index is 5.83. The minimum atomic E-state index is -1.76. The summed E-state index contributed by atoms with van der Waals surface area (Å²) in [6.07, 6.45) is 2.25. The second kappa shape index (κ2) is 6.63. The molecule has 0 radical (unpaired) electrons. The van der Waals surface area contributed by atoms with Crippen molar-refractivity contribution in [2.45, 2.75) is 45.7 Å². The molecule has 0 aromatic carbocycles. The maximum Gasteiger partial charge on any atom is 0.337 e. The Kier molecular flexibility index (Phi) is 6.71. The van der Waals surface area contributed by atoms with Gasteiger partial charge in [-0.2, -0.15) is 0 Å². The third-order valence-corrected chi connectivity index (χ3v) is 5.92. The van der Waals surface area contributed by atoms with Crippen LogP contribution >= 0.6 is 0 Å². The molecule has 0 amide bonds. The summed E-state index contributed by atoms with van der Waals surface area (Å²) in [4.78, 5) is 0. The van der Waals surface area contributed by atoms with Gasteiger partial charge >= 0.3 is 8.56 Å². The van der Waals surface area contributed by atoms with Crippen molar-refractivity contribution in [3.63, 3.8) is 0 Å². The Morgan fingerprint density at radius 1 is 1.08 bits per heavy atom. The average Bonchev–Trinajstić information content (AvgIpc) is 2.13. The highest BCUT2D eigenvalue weighted by Gasteiger charge is 2.32. The Morgan fingerprint density at radius 3 is 2.08 bits per heavy atom. The minimum Gasteiger partial charge on any atom is -0.398 e. The summed E-state index contributed by atoms with van der Waals surface area (Å²) in [6, 6.07) is 2.19. The average molecular weight is 190 g/mol. The van der Waals surface area contributed by atoms with Crippen LogP contribution in [0.3, 0.4) is 0 Å². The molecule has 0 spiro atoms. The summed E-state index contributed by atoms with van der Waals surface area (Å²) in [5, 5.41) is 0. The molecule has 74 valence electrons. The van der Waals surface area contributed by atoms with Crippen LogP contribution in [-0.2, 0) is 8.85 Å². The van der Waals surface area contributed by atoms with E-state index >= 15 is 0 Å². The fraction of sp³-hybridized carbons (Fsp3) is 1.00. The van der Waals surface area contributed by atoms with Crippen LogP contribution in [-0.4, -0.2) is 22.3 Å². The van der Waals surface area contributed by atoms with Gasteiger partial charge in [0.2, 0.25) is 0 Å². The van der Waals surface area contributed by atoms with Crippen molar-refractivity contribution in [3.8, 4) is 0 Å². The Hall–Kier alpha value is 0.137. The van der Waals surface area contributed by atoms with Gasteiger partial charge in [0.1, 0.15) is 0 Å². The van der Waals surface area contributed by atoms with Gasteiger partial charge in [0, 0.05) is 13.7 Å². The summed E-state index contributed by atoms with van der Waals surface area (Å²) in [7, 11) is 0.0283. The first-order chi connectivity index (χ1) is 5.74. The van der Waals surface area contributed by atoms with E-state index in [1.165, 1.54) is 0 Å². The van der Waals surface area contributed by atoms with E-state index in [2.05, 4.69) is 20.8 Å². The van der Waals surface area contributed by atoms with E-state index in [1.807, 2.05) is 0 Å². The fourth-order valence-corrected chi connectivity index (χ4v) is 3.98. The first-order valence-corrected chi connectivity index (χ1v) is 7.16. The second-order valence-corrected chi connectivity index (χ2v) is 6.79. The number of hydrogen-bond acceptors (Lipinski definition) is 2. The second-order valence-electron chi connectivity index (χ2n) is 3.07. The predicted molar refractivity (Wildman–Crippen MR) is 54.6 cm³/mol. The molecule has 0 bridgehead atoms.